The van der Waals surface area contributed by atoms with E-state index in [9.17, 15) is 14.4 Å². The Labute approximate surface area is 226 Å². The highest BCUT2D eigenvalue weighted by Gasteiger charge is 2.49. The Kier molecular flexibility index (Phi) is 8.89. The minimum absolute atomic E-state index is 0.0166. The van der Waals surface area contributed by atoms with Gasteiger partial charge in [-0.05, 0) is 69.4 Å². The summed E-state index contributed by atoms with van der Waals surface area (Å²) in [6.07, 6.45) is 4.41. The van der Waals surface area contributed by atoms with E-state index in [4.69, 9.17) is 13.9 Å². The number of nitrogens with zero attached hydrogens (tertiary/aromatic N) is 1. The summed E-state index contributed by atoms with van der Waals surface area (Å²) in [6.45, 7) is 4.69. The molecule has 3 aromatic rings. The number of benzene rings is 2. The molecule has 38 heavy (non-hydrogen) atoms. The van der Waals surface area contributed by atoms with Gasteiger partial charge in [0.1, 0.15) is 12.0 Å². The summed E-state index contributed by atoms with van der Waals surface area (Å²) in [5, 5.41) is 2.50. The number of aromatic nitrogens is 1. The maximum atomic E-state index is 12.8. The van der Waals surface area contributed by atoms with Crippen LogP contribution in [0.1, 0.15) is 57.4 Å². The summed E-state index contributed by atoms with van der Waals surface area (Å²) in [6, 6.07) is 16.1. The molecule has 1 saturated carbocycles. The van der Waals surface area contributed by atoms with Crippen molar-refractivity contribution in [1.82, 2.24) is 10.3 Å². The van der Waals surface area contributed by atoms with Crippen LogP contribution in [0.25, 0.3) is 11.3 Å². The number of esters is 2. The third kappa shape index (κ3) is 6.64. The zero-order chi connectivity index (χ0) is 27.1. The van der Waals surface area contributed by atoms with Crippen LogP contribution < -0.4 is 5.32 Å². The summed E-state index contributed by atoms with van der Waals surface area (Å²) >= 11 is 1.63. The molecular weight excluding hydrogens is 504 g/mol. The number of ether oxygens (including phenoxy) is 2. The Morgan fingerprint density at radius 2 is 1.55 bits per heavy atom. The van der Waals surface area contributed by atoms with E-state index in [0.29, 0.717) is 12.3 Å². The second-order valence-corrected chi connectivity index (χ2v) is 10.3. The van der Waals surface area contributed by atoms with E-state index in [1.165, 1.54) is 6.92 Å². The lowest BCUT2D eigenvalue weighted by Crippen LogP contribution is -2.61. The fourth-order valence-corrected chi connectivity index (χ4v) is 4.90. The maximum absolute atomic E-state index is 12.8. The van der Waals surface area contributed by atoms with Gasteiger partial charge >= 0.3 is 11.9 Å². The number of amides is 1. The summed E-state index contributed by atoms with van der Waals surface area (Å²) in [4.78, 5) is 44.2. The summed E-state index contributed by atoms with van der Waals surface area (Å²) in [7, 11) is 0. The summed E-state index contributed by atoms with van der Waals surface area (Å²) in [5.41, 5.74) is 0.890. The molecular formula is C29H32N2O6S. The molecule has 0 radical (unpaired) electrons. The van der Waals surface area contributed by atoms with Crippen LogP contribution in [0.3, 0.4) is 0 Å². The molecule has 0 saturated heterocycles. The molecule has 2 aromatic carbocycles. The average molecular weight is 537 g/mol. The molecule has 0 unspecified atom stereocenters. The van der Waals surface area contributed by atoms with E-state index in [0.717, 1.165) is 45.3 Å². The van der Waals surface area contributed by atoms with Gasteiger partial charge in [0, 0.05) is 28.2 Å². The van der Waals surface area contributed by atoms with Crippen molar-refractivity contribution in [3.05, 3.63) is 66.2 Å². The minimum atomic E-state index is -1.89. The van der Waals surface area contributed by atoms with Crippen LogP contribution in [0.4, 0.5) is 0 Å². The van der Waals surface area contributed by atoms with Crippen LogP contribution >= 0.6 is 11.8 Å². The first-order valence-electron chi connectivity index (χ1n) is 12.8. The van der Waals surface area contributed by atoms with Gasteiger partial charge < -0.3 is 19.2 Å². The normalized spacial score (nSPS) is 13.1. The van der Waals surface area contributed by atoms with Crippen molar-refractivity contribution in [3.63, 3.8) is 0 Å². The van der Waals surface area contributed by atoms with E-state index in [1.54, 1.807) is 31.9 Å². The number of rotatable bonds is 12. The van der Waals surface area contributed by atoms with Crippen molar-refractivity contribution >= 4 is 29.6 Å². The standard InChI is InChI=1S/C29H32N2O6S/c1-4-35-27(33)29(31-19(3)32,28(34)36-5-2)17-16-20-6-12-23(13-7-20)38-24-14-10-21(11-15-24)25-18-37-26(30-25)22-8-9-22/h6-7,10-15,18,22H,4-5,8-9,16-17H2,1-3H3,(H,31,32). The molecule has 0 spiro atoms. The number of hydrogen-bond donors (Lipinski definition) is 1. The number of aryl methyl sites for hydroxylation is 1. The smallest absolute Gasteiger partial charge is 0.343 e. The Morgan fingerprint density at radius 3 is 2.08 bits per heavy atom. The highest BCUT2D eigenvalue weighted by molar-refractivity contribution is 7.99. The van der Waals surface area contributed by atoms with Gasteiger partial charge in [0.05, 0.1) is 13.2 Å². The highest BCUT2D eigenvalue weighted by Crippen LogP contribution is 2.40. The zero-order valence-electron chi connectivity index (χ0n) is 21.8. The first-order valence-corrected chi connectivity index (χ1v) is 13.6. The van der Waals surface area contributed by atoms with Gasteiger partial charge in [-0.3, -0.25) is 4.79 Å². The molecule has 4 rings (SSSR count). The monoisotopic (exact) mass is 536 g/mol. The van der Waals surface area contributed by atoms with Crippen LogP contribution in [0.15, 0.2) is 69.0 Å². The predicted octanol–water partition coefficient (Wildman–Crippen LogP) is 5.30. The van der Waals surface area contributed by atoms with Crippen LogP contribution in [-0.4, -0.2) is 41.6 Å². The average Bonchev–Trinajstić information content (AvgIpc) is 3.64. The largest absolute Gasteiger partial charge is 0.464 e. The van der Waals surface area contributed by atoms with Crippen molar-refractivity contribution in [2.24, 2.45) is 0 Å². The molecule has 8 nitrogen and oxygen atoms in total. The van der Waals surface area contributed by atoms with E-state index in [2.05, 4.69) is 22.4 Å². The lowest BCUT2D eigenvalue weighted by molar-refractivity contribution is -0.168. The van der Waals surface area contributed by atoms with Crippen molar-refractivity contribution in [1.29, 1.82) is 0 Å². The highest BCUT2D eigenvalue weighted by atomic mass is 32.2. The lowest BCUT2D eigenvalue weighted by Gasteiger charge is -2.29. The second-order valence-electron chi connectivity index (χ2n) is 9.14. The number of nitrogens with one attached hydrogen (secondary N) is 1. The fraction of sp³-hybridized carbons (Fsp3) is 0.379. The quantitative estimate of drug-likeness (QED) is 0.245. The van der Waals surface area contributed by atoms with Crippen LogP contribution in [0.5, 0.6) is 0 Å². The Bertz CT molecular complexity index is 1250. The third-order valence-electron chi connectivity index (χ3n) is 6.18. The molecule has 1 heterocycles. The molecule has 200 valence electrons. The van der Waals surface area contributed by atoms with Crippen molar-refractivity contribution in [2.45, 2.75) is 67.7 Å². The molecule has 1 fully saturated rings. The van der Waals surface area contributed by atoms with Crippen molar-refractivity contribution in [2.75, 3.05) is 13.2 Å². The molecule has 1 aliphatic carbocycles. The first kappa shape index (κ1) is 27.4. The molecule has 1 N–H and O–H groups in total. The molecule has 0 atom stereocenters. The minimum Gasteiger partial charge on any atom is -0.464 e. The van der Waals surface area contributed by atoms with Crippen LogP contribution in [0.2, 0.25) is 0 Å². The van der Waals surface area contributed by atoms with Crippen LogP contribution in [0, 0.1) is 0 Å². The molecule has 1 aromatic heterocycles. The zero-order valence-corrected chi connectivity index (χ0v) is 22.6. The first-order chi connectivity index (χ1) is 18.3. The second kappa shape index (κ2) is 12.3. The fourth-order valence-electron chi connectivity index (χ4n) is 4.08. The lowest BCUT2D eigenvalue weighted by atomic mass is 9.90. The molecule has 0 bridgehead atoms. The number of oxazole rings is 1. The number of carbonyl (C=O) groups excluding carboxylic acids is 3. The van der Waals surface area contributed by atoms with Gasteiger partial charge in [-0.25, -0.2) is 14.6 Å². The third-order valence-corrected chi connectivity index (χ3v) is 7.20. The topological polar surface area (TPSA) is 108 Å². The maximum Gasteiger partial charge on any atom is 0.343 e. The Hall–Kier alpha value is -3.59. The Balaban J connectivity index is 1.40. The molecule has 9 heteroatoms. The van der Waals surface area contributed by atoms with E-state index in [1.807, 2.05) is 36.4 Å². The van der Waals surface area contributed by atoms with Gasteiger partial charge in [-0.2, -0.15) is 0 Å². The van der Waals surface area contributed by atoms with Gasteiger partial charge in [-0.1, -0.05) is 36.0 Å². The number of carbonyl (C=O) groups is 3. The van der Waals surface area contributed by atoms with Crippen molar-refractivity contribution < 1.29 is 28.3 Å². The summed E-state index contributed by atoms with van der Waals surface area (Å²) in [5.74, 6) is -0.843. The van der Waals surface area contributed by atoms with Crippen molar-refractivity contribution in [3.8, 4) is 11.3 Å². The van der Waals surface area contributed by atoms with E-state index < -0.39 is 23.4 Å². The van der Waals surface area contributed by atoms with Gasteiger partial charge in [-0.15, -0.1) is 0 Å². The van der Waals surface area contributed by atoms with E-state index in [-0.39, 0.29) is 19.6 Å². The number of hydrogen-bond acceptors (Lipinski definition) is 8. The summed E-state index contributed by atoms with van der Waals surface area (Å²) < 4.78 is 15.9. The molecule has 1 amide bonds. The van der Waals surface area contributed by atoms with Gasteiger partial charge in [0.2, 0.25) is 11.4 Å². The van der Waals surface area contributed by atoms with Crippen LogP contribution in [-0.2, 0) is 30.3 Å². The van der Waals surface area contributed by atoms with Gasteiger partial charge in [0.15, 0.2) is 5.89 Å². The molecule has 1 aliphatic rings. The van der Waals surface area contributed by atoms with Gasteiger partial charge in [0.25, 0.3) is 0 Å². The SMILES string of the molecule is CCOC(=O)C(CCc1ccc(Sc2ccc(-c3coc(C4CC4)n3)cc2)cc1)(NC(C)=O)C(=O)OCC. The Morgan fingerprint density at radius 1 is 0.974 bits per heavy atom. The van der Waals surface area contributed by atoms with E-state index >= 15 is 0 Å². The molecule has 0 aliphatic heterocycles. The predicted molar refractivity (Wildman–Crippen MR) is 143 cm³/mol.